The maximum Gasteiger partial charge on any atom is 0.229 e. The van der Waals surface area contributed by atoms with Gasteiger partial charge in [-0.05, 0) is 31.9 Å². The molecule has 22 heavy (non-hydrogen) atoms. The number of hydrogen-bond acceptors (Lipinski definition) is 3. The van der Waals surface area contributed by atoms with Gasteiger partial charge in [0.25, 0.3) is 0 Å². The first-order chi connectivity index (χ1) is 10.6. The van der Waals surface area contributed by atoms with Crippen LogP contribution in [0.5, 0.6) is 0 Å². The Kier molecular flexibility index (Phi) is 4.93. The summed E-state index contributed by atoms with van der Waals surface area (Å²) in [6.07, 6.45) is 5.61. The topological polar surface area (TPSA) is 42.0 Å². The quantitative estimate of drug-likeness (QED) is 0.776. The highest BCUT2D eigenvalue weighted by Crippen LogP contribution is 2.32. The van der Waals surface area contributed by atoms with Crippen LogP contribution in [0.25, 0.3) is 11.3 Å². The highest BCUT2D eigenvalue weighted by molar-refractivity contribution is 9.10. The minimum atomic E-state index is 0.135. The van der Waals surface area contributed by atoms with E-state index in [1.54, 1.807) is 11.3 Å². The van der Waals surface area contributed by atoms with Crippen LogP contribution in [-0.2, 0) is 4.79 Å². The SMILES string of the molecule is Cc1sc(NC(=O)C2CCCCC2)nc1-c1ccc(Br)cc1. The fraction of sp³-hybridized carbons (Fsp3) is 0.412. The fourth-order valence-electron chi connectivity index (χ4n) is 2.90. The molecule has 1 aromatic carbocycles. The monoisotopic (exact) mass is 378 g/mol. The van der Waals surface area contributed by atoms with E-state index >= 15 is 0 Å². The maximum atomic E-state index is 12.3. The molecule has 3 nitrogen and oxygen atoms in total. The van der Waals surface area contributed by atoms with Gasteiger partial charge in [0.15, 0.2) is 5.13 Å². The van der Waals surface area contributed by atoms with E-state index in [1.165, 1.54) is 19.3 Å². The van der Waals surface area contributed by atoms with E-state index in [2.05, 4.69) is 26.2 Å². The molecular weight excluding hydrogens is 360 g/mol. The number of rotatable bonds is 3. The van der Waals surface area contributed by atoms with Crippen molar-refractivity contribution in [1.82, 2.24) is 4.98 Å². The lowest BCUT2D eigenvalue weighted by atomic mass is 9.89. The predicted octanol–water partition coefficient (Wildman–Crippen LogP) is 5.40. The van der Waals surface area contributed by atoms with Crippen LogP contribution in [0.2, 0.25) is 0 Å². The molecule has 0 radical (unpaired) electrons. The van der Waals surface area contributed by atoms with Crippen LogP contribution in [0, 0.1) is 12.8 Å². The third-order valence-corrected chi connectivity index (χ3v) is 5.54. The van der Waals surface area contributed by atoms with Crippen molar-refractivity contribution in [3.05, 3.63) is 33.6 Å². The van der Waals surface area contributed by atoms with E-state index in [0.29, 0.717) is 5.13 Å². The summed E-state index contributed by atoms with van der Waals surface area (Å²) in [5.41, 5.74) is 2.03. The summed E-state index contributed by atoms with van der Waals surface area (Å²) in [5, 5.41) is 3.73. The molecule has 0 aliphatic heterocycles. The highest BCUT2D eigenvalue weighted by atomic mass is 79.9. The number of hydrogen-bond donors (Lipinski definition) is 1. The van der Waals surface area contributed by atoms with Crippen molar-refractivity contribution in [3.63, 3.8) is 0 Å². The van der Waals surface area contributed by atoms with Gasteiger partial charge in [0.1, 0.15) is 0 Å². The smallest absolute Gasteiger partial charge is 0.229 e. The first-order valence-electron chi connectivity index (χ1n) is 7.68. The Morgan fingerprint density at radius 1 is 1.23 bits per heavy atom. The van der Waals surface area contributed by atoms with Crippen molar-refractivity contribution in [2.24, 2.45) is 5.92 Å². The molecule has 0 spiro atoms. The molecule has 1 amide bonds. The number of thiazole rings is 1. The van der Waals surface area contributed by atoms with Gasteiger partial charge in [-0.1, -0.05) is 47.3 Å². The van der Waals surface area contributed by atoms with Crippen LogP contribution >= 0.6 is 27.3 Å². The second-order valence-corrected chi connectivity index (χ2v) is 7.87. The van der Waals surface area contributed by atoms with Crippen molar-refractivity contribution in [3.8, 4) is 11.3 Å². The molecule has 1 saturated carbocycles. The second kappa shape index (κ2) is 6.92. The summed E-state index contributed by atoms with van der Waals surface area (Å²) in [4.78, 5) is 18.1. The maximum absolute atomic E-state index is 12.3. The van der Waals surface area contributed by atoms with Crippen LogP contribution < -0.4 is 5.32 Å². The average Bonchev–Trinajstić information content (AvgIpc) is 2.89. The van der Waals surface area contributed by atoms with E-state index in [-0.39, 0.29) is 11.8 Å². The van der Waals surface area contributed by atoms with E-state index in [9.17, 15) is 4.79 Å². The summed E-state index contributed by atoms with van der Waals surface area (Å²) in [5.74, 6) is 0.296. The Morgan fingerprint density at radius 3 is 2.59 bits per heavy atom. The zero-order valence-corrected chi connectivity index (χ0v) is 15.0. The summed E-state index contributed by atoms with van der Waals surface area (Å²) < 4.78 is 1.05. The van der Waals surface area contributed by atoms with Crippen molar-refractivity contribution in [2.75, 3.05) is 5.32 Å². The lowest BCUT2D eigenvalue weighted by Gasteiger charge is -2.19. The highest BCUT2D eigenvalue weighted by Gasteiger charge is 2.22. The number of halogens is 1. The molecule has 0 unspecified atom stereocenters. The molecule has 1 aliphatic carbocycles. The molecule has 0 atom stereocenters. The van der Waals surface area contributed by atoms with Crippen LogP contribution in [0.4, 0.5) is 5.13 Å². The Labute approximate surface area is 143 Å². The molecule has 1 aromatic heterocycles. The summed E-state index contributed by atoms with van der Waals surface area (Å²) >= 11 is 4.99. The lowest BCUT2D eigenvalue weighted by molar-refractivity contribution is -0.120. The number of benzene rings is 1. The third-order valence-electron chi connectivity index (χ3n) is 4.12. The minimum Gasteiger partial charge on any atom is -0.302 e. The largest absolute Gasteiger partial charge is 0.302 e. The van der Waals surface area contributed by atoms with Crippen LogP contribution in [0.15, 0.2) is 28.7 Å². The molecule has 5 heteroatoms. The number of amides is 1. The van der Waals surface area contributed by atoms with Crippen molar-refractivity contribution in [2.45, 2.75) is 39.0 Å². The summed E-state index contributed by atoms with van der Waals surface area (Å²) in [6.45, 7) is 2.05. The van der Waals surface area contributed by atoms with Crippen LogP contribution in [0.1, 0.15) is 37.0 Å². The number of nitrogens with one attached hydrogen (secondary N) is 1. The molecule has 3 rings (SSSR count). The Morgan fingerprint density at radius 2 is 1.91 bits per heavy atom. The first kappa shape index (κ1) is 15.7. The summed E-state index contributed by atoms with van der Waals surface area (Å²) in [6, 6.07) is 8.10. The minimum absolute atomic E-state index is 0.135. The lowest BCUT2D eigenvalue weighted by Crippen LogP contribution is -2.24. The first-order valence-corrected chi connectivity index (χ1v) is 9.28. The molecule has 0 bridgehead atoms. The predicted molar refractivity (Wildman–Crippen MR) is 95.2 cm³/mol. The Balaban J connectivity index is 1.74. The zero-order chi connectivity index (χ0) is 15.5. The van der Waals surface area contributed by atoms with Gasteiger partial charge in [0, 0.05) is 20.8 Å². The zero-order valence-electron chi connectivity index (χ0n) is 12.6. The molecule has 1 fully saturated rings. The van der Waals surface area contributed by atoms with E-state index < -0.39 is 0 Å². The standard InChI is InChI=1S/C17H19BrN2OS/c1-11-15(12-7-9-14(18)10-8-12)19-17(22-11)20-16(21)13-5-3-2-4-6-13/h7-10,13H,2-6H2,1H3,(H,19,20,21). The van der Waals surface area contributed by atoms with E-state index in [4.69, 9.17) is 0 Å². The van der Waals surface area contributed by atoms with Gasteiger partial charge < -0.3 is 5.32 Å². The van der Waals surface area contributed by atoms with E-state index in [1.807, 2.05) is 31.2 Å². The second-order valence-electron chi connectivity index (χ2n) is 5.75. The summed E-state index contributed by atoms with van der Waals surface area (Å²) in [7, 11) is 0. The molecule has 0 saturated heterocycles. The Hall–Kier alpha value is -1.20. The van der Waals surface area contributed by atoms with Gasteiger partial charge >= 0.3 is 0 Å². The van der Waals surface area contributed by atoms with Crippen molar-refractivity contribution >= 4 is 38.3 Å². The number of nitrogens with zero attached hydrogens (tertiary/aromatic N) is 1. The van der Waals surface area contributed by atoms with Gasteiger partial charge in [-0.15, -0.1) is 11.3 Å². The van der Waals surface area contributed by atoms with Gasteiger partial charge in [-0.3, -0.25) is 4.79 Å². The Bertz CT molecular complexity index is 660. The number of aromatic nitrogens is 1. The molecule has 1 N–H and O–H groups in total. The third kappa shape index (κ3) is 3.58. The molecular formula is C17H19BrN2OS. The number of anilines is 1. The van der Waals surface area contributed by atoms with Crippen molar-refractivity contribution in [1.29, 1.82) is 0 Å². The number of aryl methyl sites for hydroxylation is 1. The normalized spacial score (nSPS) is 15.7. The van der Waals surface area contributed by atoms with E-state index in [0.717, 1.165) is 33.4 Å². The number of carbonyl (C=O) groups excluding carboxylic acids is 1. The van der Waals surface area contributed by atoms with Crippen molar-refractivity contribution < 1.29 is 4.79 Å². The van der Waals surface area contributed by atoms with Gasteiger partial charge in [0.05, 0.1) is 5.69 Å². The van der Waals surface area contributed by atoms with Gasteiger partial charge in [-0.2, -0.15) is 0 Å². The van der Waals surface area contributed by atoms with Crippen LogP contribution in [0.3, 0.4) is 0 Å². The number of carbonyl (C=O) groups is 1. The molecule has 1 aliphatic rings. The van der Waals surface area contributed by atoms with Crippen LogP contribution in [-0.4, -0.2) is 10.9 Å². The molecule has 2 aromatic rings. The molecule has 116 valence electrons. The van der Waals surface area contributed by atoms with Gasteiger partial charge in [-0.25, -0.2) is 4.98 Å². The average molecular weight is 379 g/mol. The van der Waals surface area contributed by atoms with Gasteiger partial charge in [0.2, 0.25) is 5.91 Å². The fourth-order valence-corrected chi connectivity index (χ4v) is 4.00. The molecule has 1 heterocycles.